The van der Waals surface area contributed by atoms with E-state index in [4.69, 9.17) is 23.2 Å². The zero-order chi connectivity index (χ0) is 15.7. The second kappa shape index (κ2) is 5.72. The van der Waals surface area contributed by atoms with Gasteiger partial charge in [-0.2, -0.15) is 5.26 Å². The van der Waals surface area contributed by atoms with Gasteiger partial charge in [-0.25, -0.2) is 8.42 Å². The zero-order valence-electron chi connectivity index (χ0n) is 11.1. The summed E-state index contributed by atoms with van der Waals surface area (Å²) in [5.41, 5.74) is 0.139. The van der Waals surface area contributed by atoms with Gasteiger partial charge in [0, 0.05) is 21.9 Å². The number of sulfone groups is 1. The van der Waals surface area contributed by atoms with Crippen molar-refractivity contribution in [2.45, 2.75) is 24.5 Å². The van der Waals surface area contributed by atoms with Crippen molar-refractivity contribution in [3.05, 3.63) is 33.8 Å². The molecular weight excluding hydrogens is 321 g/mol. The third-order valence-corrected chi connectivity index (χ3v) is 5.91. The summed E-state index contributed by atoms with van der Waals surface area (Å²) < 4.78 is 21.7. The van der Waals surface area contributed by atoms with Crippen molar-refractivity contribution in [3.63, 3.8) is 0 Å². The van der Waals surface area contributed by atoms with E-state index in [0.717, 1.165) is 6.26 Å². The maximum absolute atomic E-state index is 12.4. The number of rotatable bonds is 4. The lowest BCUT2D eigenvalue weighted by molar-refractivity contribution is -0.121. The average Bonchev–Trinajstić information content (AvgIpc) is 2.31. The maximum Gasteiger partial charge on any atom is 0.175 e. The van der Waals surface area contributed by atoms with E-state index < -0.39 is 26.3 Å². The van der Waals surface area contributed by atoms with E-state index in [2.05, 4.69) is 0 Å². The molecule has 0 fully saturated rings. The van der Waals surface area contributed by atoms with Crippen LogP contribution in [0.3, 0.4) is 0 Å². The number of ketones is 1. The summed E-state index contributed by atoms with van der Waals surface area (Å²) in [6.07, 6.45) is 0.952. The number of hydrogen-bond acceptors (Lipinski definition) is 4. The second-order valence-corrected chi connectivity index (χ2v) is 8.22. The third-order valence-electron chi connectivity index (χ3n) is 3.20. The third kappa shape index (κ3) is 2.98. The topological polar surface area (TPSA) is 75.0 Å². The quantitative estimate of drug-likeness (QED) is 0.848. The number of hydrogen-bond donors (Lipinski definition) is 0. The lowest BCUT2D eigenvalue weighted by atomic mass is 9.89. The Kier molecular flexibility index (Phi) is 4.86. The van der Waals surface area contributed by atoms with Gasteiger partial charge in [0.15, 0.2) is 15.6 Å². The molecule has 20 heavy (non-hydrogen) atoms. The SMILES string of the molecule is CC(C)(C(=O)C(C#N)c1c(Cl)cccc1Cl)S(C)(=O)=O. The Hall–Kier alpha value is -1.09. The van der Waals surface area contributed by atoms with Gasteiger partial charge in [0.2, 0.25) is 0 Å². The van der Waals surface area contributed by atoms with Gasteiger partial charge in [-0.05, 0) is 26.0 Å². The molecule has 0 bridgehead atoms. The minimum Gasteiger partial charge on any atom is -0.296 e. The minimum absolute atomic E-state index is 0.139. The Balaban J connectivity index is 3.44. The smallest absolute Gasteiger partial charge is 0.175 e. The number of Topliss-reactive ketones (excluding diaryl/α,β-unsaturated/α-hetero) is 1. The molecule has 1 rings (SSSR count). The molecule has 0 aliphatic carbocycles. The van der Waals surface area contributed by atoms with Crippen LogP contribution in [0.5, 0.6) is 0 Å². The van der Waals surface area contributed by atoms with Gasteiger partial charge in [-0.3, -0.25) is 4.79 Å². The van der Waals surface area contributed by atoms with Crippen molar-refractivity contribution in [1.29, 1.82) is 5.26 Å². The zero-order valence-corrected chi connectivity index (χ0v) is 13.5. The molecule has 1 aromatic rings. The predicted molar refractivity (Wildman–Crippen MR) is 78.7 cm³/mol. The lowest BCUT2D eigenvalue weighted by Gasteiger charge is -2.24. The molecule has 0 amide bonds. The Morgan fingerprint density at radius 3 is 2.10 bits per heavy atom. The Morgan fingerprint density at radius 2 is 1.75 bits per heavy atom. The van der Waals surface area contributed by atoms with Gasteiger partial charge in [0.05, 0.1) is 6.07 Å². The molecule has 108 valence electrons. The fourth-order valence-corrected chi connectivity index (χ4v) is 2.67. The highest BCUT2D eigenvalue weighted by molar-refractivity contribution is 7.92. The summed E-state index contributed by atoms with van der Waals surface area (Å²) in [5, 5.41) is 9.55. The van der Waals surface area contributed by atoms with Gasteiger partial charge in [0.25, 0.3) is 0 Å². The summed E-state index contributed by atoms with van der Waals surface area (Å²) in [5.74, 6) is -2.08. The second-order valence-electron chi connectivity index (χ2n) is 4.84. The van der Waals surface area contributed by atoms with E-state index in [-0.39, 0.29) is 15.6 Å². The van der Waals surface area contributed by atoms with E-state index in [0.29, 0.717) is 0 Å². The highest BCUT2D eigenvalue weighted by atomic mass is 35.5. The molecule has 4 nitrogen and oxygen atoms in total. The molecular formula is C13H13Cl2NO3S. The number of carbonyl (C=O) groups is 1. The lowest BCUT2D eigenvalue weighted by Crippen LogP contribution is -2.42. The molecule has 0 heterocycles. The molecule has 7 heteroatoms. The molecule has 0 saturated carbocycles. The highest BCUT2D eigenvalue weighted by Gasteiger charge is 2.43. The molecule has 0 radical (unpaired) electrons. The Bertz CT molecular complexity index is 670. The van der Waals surface area contributed by atoms with Crippen LogP contribution in [0.25, 0.3) is 0 Å². The molecule has 0 aromatic heterocycles. The van der Waals surface area contributed by atoms with Gasteiger partial charge >= 0.3 is 0 Å². The van der Waals surface area contributed by atoms with Crippen molar-refractivity contribution < 1.29 is 13.2 Å². The molecule has 0 aliphatic heterocycles. The average molecular weight is 334 g/mol. The molecule has 0 saturated heterocycles. The van der Waals surface area contributed by atoms with Crippen molar-refractivity contribution in [3.8, 4) is 6.07 Å². The summed E-state index contributed by atoms with van der Waals surface area (Å²) in [4.78, 5) is 12.4. The van der Waals surface area contributed by atoms with Crippen molar-refractivity contribution in [2.75, 3.05) is 6.26 Å². The van der Waals surface area contributed by atoms with Crippen LogP contribution < -0.4 is 0 Å². The van der Waals surface area contributed by atoms with Crippen molar-refractivity contribution in [2.24, 2.45) is 0 Å². The standard InChI is InChI=1S/C13H13Cl2NO3S/c1-13(2,20(3,18)19)12(17)8(7-16)11-9(14)5-4-6-10(11)15/h4-6,8H,1-3H3. The van der Waals surface area contributed by atoms with Crippen LogP contribution in [-0.2, 0) is 14.6 Å². The van der Waals surface area contributed by atoms with E-state index in [1.165, 1.54) is 26.0 Å². The van der Waals surface area contributed by atoms with Gasteiger partial charge < -0.3 is 0 Å². The van der Waals surface area contributed by atoms with E-state index in [9.17, 15) is 18.5 Å². The van der Waals surface area contributed by atoms with E-state index >= 15 is 0 Å². The first-order valence-electron chi connectivity index (χ1n) is 5.61. The van der Waals surface area contributed by atoms with Gasteiger partial charge in [-0.15, -0.1) is 0 Å². The molecule has 1 unspecified atom stereocenters. The highest BCUT2D eigenvalue weighted by Crippen LogP contribution is 2.35. The number of nitrogens with zero attached hydrogens (tertiary/aromatic N) is 1. The number of nitriles is 1. The summed E-state index contributed by atoms with van der Waals surface area (Å²) in [6.45, 7) is 2.53. The van der Waals surface area contributed by atoms with Crippen LogP contribution in [0.4, 0.5) is 0 Å². The monoisotopic (exact) mass is 333 g/mol. The first kappa shape index (κ1) is 17.0. The van der Waals surface area contributed by atoms with Gasteiger partial charge in [0.1, 0.15) is 10.7 Å². The fourth-order valence-electron chi connectivity index (χ4n) is 1.57. The van der Waals surface area contributed by atoms with Crippen molar-refractivity contribution in [1.82, 2.24) is 0 Å². The van der Waals surface area contributed by atoms with Crippen LogP contribution in [0.1, 0.15) is 25.3 Å². The van der Waals surface area contributed by atoms with E-state index in [1.54, 1.807) is 12.1 Å². The molecule has 0 aliphatic rings. The van der Waals surface area contributed by atoms with Crippen LogP contribution in [0, 0.1) is 11.3 Å². The molecule has 1 aromatic carbocycles. The van der Waals surface area contributed by atoms with Crippen LogP contribution in [0.15, 0.2) is 18.2 Å². The number of benzene rings is 1. The first-order valence-corrected chi connectivity index (χ1v) is 8.26. The predicted octanol–water partition coefficient (Wildman–Crippen LogP) is 2.99. The first-order chi connectivity index (χ1) is 9.04. The van der Waals surface area contributed by atoms with Crippen molar-refractivity contribution >= 4 is 38.8 Å². The minimum atomic E-state index is -3.68. The summed E-state index contributed by atoms with van der Waals surface area (Å²) >= 11 is 11.9. The van der Waals surface area contributed by atoms with E-state index in [1.807, 2.05) is 0 Å². The Morgan fingerprint density at radius 1 is 1.30 bits per heavy atom. The van der Waals surface area contributed by atoms with Crippen LogP contribution in [-0.4, -0.2) is 25.2 Å². The molecule has 0 N–H and O–H groups in total. The fraction of sp³-hybridized carbons (Fsp3) is 0.385. The molecule has 1 atom stereocenters. The number of halogens is 2. The van der Waals surface area contributed by atoms with Crippen LogP contribution >= 0.6 is 23.2 Å². The maximum atomic E-state index is 12.4. The summed E-state index contributed by atoms with van der Waals surface area (Å²) in [7, 11) is -3.68. The van der Waals surface area contributed by atoms with Crippen LogP contribution in [0.2, 0.25) is 10.0 Å². The molecule has 0 spiro atoms. The Labute approximate surface area is 128 Å². The summed E-state index contributed by atoms with van der Waals surface area (Å²) in [6, 6.07) is 6.36. The number of carbonyl (C=O) groups excluding carboxylic acids is 1. The van der Waals surface area contributed by atoms with Gasteiger partial charge in [-0.1, -0.05) is 29.3 Å². The normalized spacial score (nSPS) is 13.6. The largest absolute Gasteiger partial charge is 0.296 e.